The molecule has 1 saturated heterocycles. The fourth-order valence-corrected chi connectivity index (χ4v) is 4.44. The fourth-order valence-electron chi connectivity index (χ4n) is 4.44. The summed E-state index contributed by atoms with van der Waals surface area (Å²) in [6.07, 6.45) is 5.34. The van der Waals surface area contributed by atoms with E-state index >= 15 is 0 Å². The lowest BCUT2D eigenvalue weighted by Gasteiger charge is -2.47. The zero-order valence-electron chi connectivity index (χ0n) is 15.5. The van der Waals surface area contributed by atoms with Crippen molar-refractivity contribution in [2.24, 2.45) is 5.92 Å². The smallest absolute Gasteiger partial charge is 0.0604 e. The van der Waals surface area contributed by atoms with Crippen LogP contribution in [0.15, 0.2) is 60.7 Å². The Balaban J connectivity index is 1.90. The van der Waals surface area contributed by atoms with E-state index in [9.17, 15) is 5.11 Å². The molecule has 1 heterocycles. The van der Waals surface area contributed by atoms with Gasteiger partial charge in [-0.1, -0.05) is 86.8 Å². The van der Waals surface area contributed by atoms with Crippen LogP contribution in [0.3, 0.4) is 0 Å². The number of unbranched alkanes of at least 4 members (excludes halogenated alkanes) is 2. The molecule has 1 aliphatic heterocycles. The van der Waals surface area contributed by atoms with Gasteiger partial charge in [-0.05, 0) is 31.0 Å². The van der Waals surface area contributed by atoms with Gasteiger partial charge in [0.15, 0.2) is 0 Å². The van der Waals surface area contributed by atoms with Crippen molar-refractivity contribution in [1.82, 2.24) is 4.90 Å². The van der Waals surface area contributed by atoms with Gasteiger partial charge in [0.1, 0.15) is 0 Å². The third kappa shape index (κ3) is 4.13. The number of aliphatic hydroxyl groups is 1. The molecule has 0 unspecified atom stereocenters. The maximum atomic E-state index is 11.0. The predicted molar refractivity (Wildman–Crippen MR) is 104 cm³/mol. The summed E-state index contributed by atoms with van der Waals surface area (Å²) in [7, 11) is 2.23. The van der Waals surface area contributed by atoms with E-state index in [1.165, 1.54) is 30.4 Å². The van der Waals surface area contributed by atoms with Crippen molar-refractivity contribution >= 4 is 0 Å². The quantitative estimate of drug-likeness (QED) is 0.717. The Morgan fingerprint density at radius 1 is 0.920 bits per heavy atom. The Morgan fingerprint density at radius 3 is 2.12 bits per heavy atom. The second-order valence-corrected chi connectivity index (χ2v) is 7.41. The molecule has 0 aromatic heterocycles. The molecule has 0 amide bonds. The van der Waals surface area contributed by atoms with Crippen LogP contribution < -0.4 is 0 Å². The van der Waals surface area contributed by atoms with Crippen molar-refractivity contribution in [3.8, 4) is 0 Å². The summed E-state index contributed by atoms with van der Waals surface area (Å²) in [5.41, 5.74) is 2.63. The minimum absolute atomic E-state index is 0.247. The number of hydrogen-bond donors (Lipinski definition) is 1. The standard InChI is InChI=1S/C23H31NO/c1-3-4-7-16-20-22(25)17-21(18-12-8-5-9-13-18)24(2)23(20)19-14-10-6-11-15-19/h5-6,8-15,20-23,25H,3-4,7,16-17H2,1-2H3/t20-,21-,22+,23-/m1/s1. The average Bonchev–Trinajstić information content (AvgIpc) is 2.66. The molecule has 1 N–H and O–H groups in total. The molecule has 0 radical (unpaired) electrons. The van der Waals surface area contributed by atoms with Crippen LogP contribution in [0.2, 0.25) is 0 Å². The Morgan fingerprint density at radius 2 is 1.52 bits per heavy atom. The molecule has 0 aliphatic carbocycles. The number of nitrogens with zero attached hydrogens (tertiary/aromatic N) is 1. The highest BCUT2D eigenvalue weighted by molar-refractivity contribution is 5.25. The van der Waals surface area contributed by atoms with Crippen molar-refractivity contribution < 1.29 is 5.11 Å². The molecule has 2 heteroatoms. The van der Waals surface area contributed by atoms with Crippen LogP contribution in [0, 0.1) is 5.92 Å². The second-order valence-electron chi connectivity index (χ2n) is 7.41. The van der Waals surface area contributed by atoms with Gasteiger partial charge in [0.2, 0.25) is 0 Å². The van der Waals surface area contributed by atoms with Crippen LogP contribution in [0.5, 0.6) is 0 Å². The van der Waals surface area contributed by atoms with Crippen molar-refractivity contribution in [2.45, 2.75) is 57.2 Å². The van der Waals surface area contributed by atoms with E-state index < -0.39 is 0 Å². The second kappa shape index (κ2) is 8.64. The highest BCUT2D eigenvalue weighted by atomic mass is 16.3. The van der Waals surface area contributed by atoms with E-state index in [-0.39, 0.29) is 18.2 Å². The zero-order chi connectivity index (χ0) is 17.6. The molecule has 1 fully saturated rings. The number of piperidine rings is 1. The van der Waals surface area contributed by atoms with E-state index in [0.29, 0.717) is 5.92 Å². The number of hydrogen-bond acceptors (Lipinski definition) is 2. The molecule has 0 bridgehead atoms. The summed E-state index contributed by atoms with van der Waals surface area (Å²) in [6.45, 7) is 2.24. The van der Waals surface area contributed by atoms with Crippen LogP contribution in [-0.4, -0.2) is 23.2 Å². The van der Waals surface area contributed by atoms with Gasteiger partial charge in [-0.25, -0.2) is 0 Å². The number of rotatable bonds is 6. The van der Waals surface area contributed by atoms with E-state index in [2.05, 4.69) is 79.5 Å². The maximum absolute atomic E-state index is 11.0. The number of benzene rings is 2. The van der Waals surface area contributed by atoms with Gasteiger partial charge >= 0.3 is 0 Å². The van der Waals surface area contributed by atoms with E-state index in [1.54, 1.807) is 0 Å². The zero-order valence-corrected chi connectivity index (χ0v) is 15.5. The summed E-state index contributed by atoms with van der Waals surface area (Å²) in [5, 5.41) is 11.0. The lowest BCUT2D eigenvalue weighted by atomic mass is 9.76. The van der Waals surface area contributed by atoms with Gasteiger partial charge in [0.25, 0.3) is 0 Å². The topological polar surface area (TPSA) is 23.5 Å². The SMILES string of the molecule is CCCCC[C@H]1[C@@H](c2ccccc2)N(C)[C@@H](c2ccccc2)C[C@@H]1O. The minimum Gasteiger partial charge on any atom is -0.393 e. The van der Waals surface area contributed by atoms with Gasteiger partial charge in [-0.3, -0.25) is 4.90 Å². The third-order valence-corrected chi connectivity index (χ3v) is 5.76. The number of likely N-dealkylation sites (tertiary alicyclic amines) is 1. The maximum Gasteiger partial charge on any atom is 0.0604 e. The lowest BCUT2D eigenvalue weighted by molar-refractivity contribution is -0.0445. The normalized spacial score (nSPS) is 27.3. The first-order valence-corrected chi connectivity index (χ1v) is 9.72. The van der Waals surface area contributed by atoms with Crippen molar-refractivity contribution in [3.63, 3.8) is 0 Å². The minimum atomic E-state index is -0.247. The first kappa shape index (κ1) is 18.2. The first-order chi connectivity index (χ1) is 12.2. The highest BCUT2D eigenvalue weighted by Gasteiger charge is 2.41. The molecule has 25 heavy (non-hydrogen) atoms. The Bertz CT molecular complexity index is 627. The highest BCUT2D eigenvalue weighted by Crippen LogP contribution is 2.45. The average molecular weight is 338 g/mol. The van der Waals surface area contributed by atoms with Gasteiger partial charge < -0.3 is 5.11 Å². The summed E-state index contributed by atoms with van der Waals surface area (Å²) < 4.78 is 0. The van der Waals surface area contributed by atoms with Crippen LogP contribution in [-0.2, 0) is 0 Å². The monoisotopic (exact) mass is 337 g/mol. The van der Waals surface area contributed by atoms with E-state index in [4.69, 9.17) is 0 Å². The Labute approximate surface area is 152 Å². The lowest BCUT2D eigenvalue weighted by Crippen LogP contribution is -2.45. The molecule has 4 atom stereocenters. The molecular weight excluding hydrogens is 306 g/mol. The molecule has 2 aromatic carbocycles. The first-order valence-electron chi connectivity index (χ1n) is 9.72. The van der Waals surface area contributed by atoms with Gasteiger partial charge in [0.05, 0.1) is 6.10 Å². The van der Waals surface area contributed by atoms with Crippen molar-refractivity contribution in [2.75, 3.05) is 7.05 Å². The molecule has 2 aromatic rings. The molecule has 3 rings (SSSR count). The van der Waals surface area contributed by atoms with Crippen LogP contribution in [0.1, 0.15) is 62.2 Å². The van der Waals surface area contributed by atoms with E-state index in [0.717, 1.165) is 12.8 Å². The van der Waals surface area contributed by atoms with Crippen LogP contribution >= 0.6 is 0 Å². The van der Waals surface area contributed by atoms with Gasteiger partial charge in [-0.2, -0.15) is 0 Å². The molecule has 1 aliphatic rings. The van der Waals surface area contributed by atoms with Crippen LogP contribution in [0.4, 0.5) is 0 Å². The molecule has 2 nitrogen and oxygen atoms in total. The summed E-state index contributed by atoms with van der Waals surface area (Å²) >= 11 is 0. The number of aliphatic hydroxyl groups excluding tert-OH is 1. The summed E-state index contributed by atoms with van der Waals surface area (Å²) in [5.74, 6) is 0.305. The van der Waals surface area contributed by atoms with Crippen molar-refractivity contribution in [1.29, 1.82) is 0 Å². The van der Waals surface area contributed by atoms with E-state index in [1.807, 2.05) is 0 Å². The van der Waals surface area contributed by atoms with Crippen LogP contribution in [0.25, 0.3) is 0 Å². The Kier molecular flexibility index (Phi) is 6.28. The summed E-state index contributed by atoms with van der Waals surface area (Å²) in [4.78, 5) is 2.49. The predicted octanol–water partition coefficient (Wildman–Crippen LogP) is 5.36. The molecule has 0 saturated carbocycles. The van der Waals surface area contributed by atoms with Crippen molar-refractivity contribution in [3.05, 3.63) is 71.8 Å². The largest absolute Gasteiger partial charge is 0.393 e. The van der Waals surface area contributed by atoms with Gasteiger partial charge in [0, 0.05) is 18.0 Å². The molecular formula is C23H31NO. The third-order valence-electron chi connectivity index (χ3n) is 5.76. The van der Waals surface area contributed by atoms with Gasteiger partial charge in [-0.15, -0.1) is 0 Å². The fraction of sp³-hybridized carbons (Fsp3) is 0.478. The summed E-state index contributed by atoms with van der Waals surface area (Å²) in [6, 6.07) is 21.9. The Hall–Kier alpha value is -1.64. The molecule has 0 spiro atoms. The molecule has 134 valence electrons.